The molecule has 3 aromatic carbocycles. The van der Waals surface area contributed by atoms with Crippen LogP contribution in [0.4, 0.5) is 0 Å². The van der Waals surface area contributed by atoms with Crippen molar-refractivity contribution in [3.8, 4) is 34.4 Å². The van der Waals surface area contributed by atoms with Gasteiger partial charge in [0.25, 0.3) is 0 Å². The monoisotopic (exact) mass is 760 g/mol. The molecule has 0 aliphatic carbocycles. The fraction of sp³-hybridized carbons (Fsp3) is 0.279. The number of aromatic nitrogens is 3. The van der Waals surface area contributed by atoms with Crippen LogP contribution < -0.4 is 19.5 Å². The van der Waals surface area contributed by atoms with Crippen LogP contribution in [0.25, 0.3) is 16.6 Å². The van der Waals surface area contributed by atoms with Gasteiger partial charge in [0.1, 0.15) is 42.4 Å². The fourth-order valence-corrected chi connectivity index (χ4v) is 7.44. The topological polar surface area (TPSA) is 96.9 Å². The van der Waals surface area contributed by atoms with E-state index < -0.39 is 0 Å². The molecule has 54 heavy (non-hydrogen) atoms. The summed E-state index contributed by atoms with van der Waals surface area (Å²) >= 11 is 13.9. The van der Waals surface area contributed by atoms with E-state index in [0.717, 1.165) is 64.2 Å². The standard InChI is InChI=1S/C43H42Cl2N6O3/c1-29-33(9-5-11-36(29)37-12-6-13-39(43(37)45)52-26-30-8-7-14-50(2)25-30)28-54-41-18-40(53-27-32-16-31(19-46)20-47-21-32)34(17-38(41)44)22-48-24-42-49-23-35-10-3-4-15-51(35)42/h3-6,9-13,15-18,20-21,23,30,48H,7-8,14,22,24-28H2,1-2H3. The number of piperidine rings is 1. The van der Waals surface area contributed by atoms with Gasteiger partial charge in [-0.25, -0.2) is 4.98 Å². The quantitative estimate of drug-likeness (QED) is 0.118. The van der Waals surface area contributed by atoms with Crippen LogP contribution in [0.3, 0.4) is 0 Å². The summed E-state index contributed by atoms with van der Waals surface area (Å²) in [5, 5.41) is 13.9. The van der Waals surface area contributed by atoms with E-state index in [2.05, 4.69) is 50.7 Å². The smallest absolute Gasteiger partial charge is 0.142 e. The number of nitrogens with one attached hydrogen (secondary N) is 1. The lowest BCUT2D eigenvalue weighted by molar-refractivity contribution is 0.150. The van der Waals surface area contributed by atoms with E-state index in [1.54, 1.807) is 12.3 Å². The second kappa shape index (κ2) is 17.4. The Morgan fingerprint density at radius 2 is 1.72 bits per heavy atom. The van der Waals surface area contributed by atoms with E-state index in [1.165, 1.54) is 12.6 Å². The summed E-state index contributed by atoms with van der Waals surface area (Å²) in [6, 6.07) is 25.7. The Morgan fingerprint density at radius 3 is 2.59 bits per heavy atom. The molecule has 1 atom stereocenters. The summed E-state index contributed by atoms with van der Waals surface area (Å²) in [6.07, 6.45) is 9.42. The zero-order chi connectivity index (χ0) is 37.4. The van der Waals surface area contributed by atoms with Crippen molar-refractivity contribution >= 4 is 28.7 Å². The minimum atomic E-state index is 0.212. The first-order chi connectivity index (χ1) is 26.4. The Labute approximate surface area is 326 Å². The third-order valence-electron chi connectivity index (χ3n) is 9.83. The lowest BCUT2D eigenvalue weighted by Crippen LogP contribution is -2.34. The minimum Gasteiger partial charge on any atom is -0.492 e. The Balaban J connectivity index is 1.08. The van der Waals surface area contributed by atoms with E-state index in [-0.39, 0.29) is 13.2 Å². The molecule has 3 aromatic heterocycles. The highest BCUT2D eigenvalue weighted by Gasteiger charge is 2.20. The molecule has 0 amide bonds. The highest BCUT2D eigenvalue weighted by Crippen LogP contribution is 2.39. The number of rotatable bonds is 14. The number of nitriles is 1. The van der Waals surface area contributed by atoms with Gasteiger partial charge in [0.05, 0.1) is 40.5 Å². The zero-order valence-corrected chi connectivity index (χ0v) is 31.9. The molecule has 1 aliphatic heterocycles. The van der Waals surface area contributed by atoms with Gasteiger partial charge in [0.2, 0.25) is 0 Å². The van der Waals surface area contributed by atoms with Gasteiger partial charge in [0, 0.05) is 60.4 Å². The Hall–Kier alpha value is -5.11. The summed E-state index contributed by atoms with van der Waals surface area (Å²) in [6.45, 7) is 6.39. The van der Waals surface area contributed by atoms with E-state index in [9.17, 15) is 5.26 Å². The molecule has 1 saturated heterocycles. The summed E-state index contributed by atoms with van der Waals surface area (Å²) in [7, 11) is 2.16. The maximum Gasteiger partial charge on any atom is 0.142 e. The molecule has 0 radical (unpaired) electrons. The van der Waals surface area contributed by atoms with E-state index >= 15 is 0 Å². The van der Waals surface area contributed by atoms with E-state index in [1.807, 2.05) is 73.1 Å². The van der Waals surface area contributed by atoms with Crippen LogP contribution in [0.15, 0.2) is 97.6 Å². The number of fused-ring (bicyclic) bond motifs is 1. The number of benzene rings is 3. The maximum absolute atomic E-state index is 9.36. The molecule has 0 bridgehead atoms. The predicted molar refractivity (Wildman–Crippen MR) is 212 cm³/mol. The molecule has 11 heteroatoms. The van der Waals surface area contributed by atoms with Crippen LogP contribution in [0.5, 0.6) is 17.2 Å². The molecule has 7 rings (SSSR count). The predicted octanol–water partition coefficient (Wildman–Crippen LogP) is 9.05. The fourth-order valence-electron chi connectivity index (χ4n) is 6.92. The molecule has 0 saturated carbocycles. The highest BCUT2D eigenvalue weighted by atomic mass is 35.5. The molecular weight excluding hydrogens is 719 g/mol. The molecule has 6 aromatic rings. The Kier molecular flexibility index (Phi) is 12.0. The summed E-state index contributed by atoms with van der Waals surface area (Å²) in [5.74, 6) is 3.18. The number of nitrogens with zero attached hydrogens (tertiary/aromatic N) is 5. The summed E-state index contributed by atoms with van der Waals surface area (Å²) in [4.78, 5) is 11.1. The zero-order valence-electron chi connectivity index (χ0n) is 30.4. The molecule has 1 aliphatic rings. The normalized spacial score (nSPS) is 14.5. The minimum absolute atomic E-state index is 0.212. The van der Waals surface area contributed by atoms with E-state index in [0.29, 0.717) is 58.5 Å². The van der Waals surface area contributed by atoms with Crippen LogP contribution in [-0.4, -0.2) is 46.0 Å². The second-order valence-electron chi connectivity index (χ2n) is 13.7. The van der Waals surface area contributed by atoms with Gasteiger partial charge in [-0.2, -0.15) is 5.26 Å². The van der Waals surface area contributed by atoms with E-state index in [4.69, 9.17) is 37.4 Å². The molecule has 1 unspecified atom stereocenters. The molecule has 276 valence electrons. The average Bonchev–Trinajstić information content (AvgIpc) is 3.60. The molecule has 1 fully saturated rings. The van der Waals surface area contributed by atoms with Crippen LogP contribution in [0.1, 0.15) is 46.5 Å². The van der Waals surface area contributed by atoms with Crippen molar-refractivity contribution in [2.75, 3.05) is 26.7 Å². The first kappa shape index (κ1) is 37.2. The number of likely N-dealkylation sites (tertiary alicyclic amines) is 1. The van der Waals surface area contributed by atoms with Gasteiger partial charge in [-0.05, 0) is 80.4 Å². The lowest BCUT2D eigenvalue weighted by Gasteiger charge is -2.29. The van der Waals surface area contributed by atoms with Crippen molar-refractivity contribution in [2.45, 2.75) is 46.1 Å². The largest absolute Gasteiger partial charge is 0.492 e. The van der Waals surface area contributed by atoms with Crippen LogP contribution in [-0.2, 0) is 26.3 Å². The van der Waals surface area contributed by atoms with Crippen molar-refractivity contribution < 1.29 is 14.2 Å². The van der Waals surface area contributed by atoms with Crippen LogP contribution in [0, 0.1) is 24.2 Å². The van der Waals surface area contributed by atoms with Gasteiger partial charge in [0.15, 0.2) is 0 Å². The van der Waals surface area contributed by atoms with Gasteiger partial charge >= 0.3 is 0 Å². The van der Waals surface area contributed by atoms with Crippen molar-refractivity contribution in [3.05, 3.63) is 141 Å². The third kappa shape index (κ3) is 8.81. The third-order valence-corrected chi connectivity index (χ3v) is 10.5. The number of pyridine rings is 2. The number of ether oxygens (including phenoxy) is 3. The van der Waals surface area contributed by atoms with Crippen molar-refractivity contribution in [2.24, 2.45) is 5.92 Å². The maximum atomic E-state index is 9.36. The molecule has 9 nitrogen and oxygen atoms in total. The van der Waals surface area contributed by atoms with Gasteiger partial charge < -0.3 is 28.8 Å². The number of hydrogen-bond acceptors (Lipinski definition) is 8. The van der Waals surface area contributed by atoms with Crippen molar-refractivity contribution in [1.29, 1.82) is 5.26 Å². The average molecular weight is 762 g/mol. The Morgan fingerprint density at radius 1 is 0.870 bits per heavy atom. The first-order valence-electron chi connectivity index (χ1n) is 18.1. The second-order valence-corrected chi connectivity index (χ2v) is 14.5. The van der Waals surface area contributed by atoms with Crippen LogP contribution in [0.2, 0.25) is 10.0 Å². The Bertz CT molecular complexity index is 2290. The highest BCUT2D eigenvalue weighted by molar-refractivity contribution is 6.35. The number of halogens is 2. The number of hydrogen-bond donors (Lipinski definition) is 1. The first-order valence-corrected chi connectivity index (χ1v) is 18.8. The molecule has 1 N–H and O–H groups in total. The summed E-state index contributed by atoms with van der Waals surface area (Å²) < 4.78 is 21.1. The van der Waals surface area contributed by atoms with Crippen molar-refractivity contribution in [1.82, 2.24) is 24.6 Å². The molecular formula is C43H42Cl2N6O3. The molecule has 4 heterocycles. The van der Waals surface area contributed by atoms with Crippen molar-refractivity contribution in [3.63, 3.8) is 0 Å². The van der Waals surface area contributed by atoms with Gasteiger partial charge in [-0.1, -0.05) is 59.6 Å². The SMILES string of the molecule is Cc1c(COc2cc(OCc3cncc(C#N)c3)c(CNCc3ncc4ccccn34)cc2Cl)cccc1-c1cccc(OCC2CCCN(C)C2)c1Cl. The van der Waals surface area contributed by atoms with Crippen LogP contribution >= 0.6 is 23.2 Å². The number of imidazole rings is 1. The van der Waals surface area contributed by atoms with Gasteiger partial charge in [-0.3, -0.25) is 4.98 Å². The lowest BCUT2D eigenvalue weighted by atomic mass is 9.96. The summed E-state index contributed by atoms with van der Waals surface area (Å²) in [5.41, 5.74) is 7.10. The molecule has 0 spiro atoms. The van der Waals surface area contributed by atoms with Gasteiger partial charge in [-0.15, -0.1) is 0 Å².